The highest BCUT2D eigenvalue weighted by Gasteiger charge is 2.68. The largest absolute Gasteiger partial charge is 0.396 e. The molecule has 13 heavy (non-hydrogen) atoms. The molecule has 3 atom stereocenters. The second-order valence-electron chi connectivity index (χ2n) is 5.70. The van der Waals surface area contributed by atoms with Crippen molar-refractivity contribution < 1.29 is 10.2 Å². The van der Waals surface area contributed by atoms with Crippen LogP contribution in [-0.4, -0.2) is 22.9 Å². The lowest BCUT2D eigenvalue weighted by molar-refractivity contribution is 0.00712. The van der Waals surface area contributed by atoms with Gasteiger partial charge in [-0.3, -0.25) is 0 Å². The summed E-state index contributed by atoms with van der Waals surface area (Å²) < 4.78 is 0. The Kier molecular flexibility index (Phi) is 1.67. The highest BCUT2D eigenvalue weighted by Crippen LogP contribution is 2.71. The molecule has 2 bridgehead atoms. The molecule has 0 aromatic heterocycles. The summed E-state index contributed by atoms with van der Waals surface area (Å²) in [7, 11) is 0. The van der Waals surface area contributed by atoms with Crippen molar-refractivity contribution in [1.82, 2.24) is 0 Å². The van der Waals surface area contributed by atoms with E-state index >= 15 is 0 Å². The lowest BCUT2D eigenvalue weighted by atomic mass is 9.65. The zero-order valence-corrected chi connectivity index (χ0v) is 8.80. The van der Waals surface area contributed by atoms with Gasteiger partial charge in [-0.15, -0.1) is 0 Å². The molecule has 2 heteroatoms. The Morgan fingerprint density at radius 3 is 2.08 bits per heavy atom. The van der Waals surface area contributed by atoms with Gasteiger partial charge in [-0.25, -0.2) is 0 Å². The minimum atomic E-state index is -0.219. The smallest absolute Gasteiger partial charge is 0.0605 e. The summed E-state index contributed by atoms with van der Waals surface area (Å²) in [6.07, 6.45) is 2.70. The highest BCUT2D eigenvalue weighted by atomic mass is 16.3. The van der Waals surface area contributed by atoms with E-state index in [-0.39, 0.29) is 29.0 Å². The number of hydrogen-bond acceptors (Lipinski definition) is 2. The van der Waals surface area contributed by atoms with Gasteiger partial charge in [-0.2, -0.15) is 0 Å². The summed E-state index contributed by atoms with van der Waals surface area (Å²) in [5.74, 6) is 0. The highest BCUT2D eigenvalue weighted by molar-refractivity contribution is 5.17. The number of aliphatic hydroxyl groups excluding tert-OH is 2. The van der Waals surface area contributed by atoms with Crippen LogP contribution >= 0.6 is 0 Å². The van der Waals surface area contributed by atoms with Crippen LogP contribution in [0.5, 0.6) is 0 Å². The average Bonchev–Trinajstić information content (AvgIpc) is 2.34. The maximum Gasteiger partial charge on any atom is 0.0605 e. The van der Waals surface area contributed by atoms with Crippen LogP contribution in [0, 0.1) is 16.2 Å². The SMILES string of the molecule is CC1(C)[C@@]2(CO)CC[C@]1(C)[C@@H](O)C2. The lowest BCUT2D eigenvalue weighted by Gasteiger charge is -2.40. The molecule has 2 rings (SSSR count). The second-order valence-corrected chi connectivity index (χ2v) is 5.70. The van der Waals surface area contributed by atoms with Crippen molar-refractivity contribution in [3.05, 3.63) is 0 Å². The van der Waals surface area contributed by atoms with Gasteiger partial charge in [0.15, 0.2) is 0 Å². The first-order valence-corrected chi connectivity index (χ1v) is 5.19. The Balaban J connectivity index is 2.46. The zero-order chi connectivity index (χ0) is 9.91. The van der Waals surface area contributed by atoms with Gasteiger partial charge < -0.3 is 10.2 Å². The summed E-state index contributed by atoms with van der Waals surface area (Å²) in [4.78, 5) is 0. The van der Waals surface area contributed by atoms with E-state index in [9.17, 15) is 10.2 Å². The van der Waals surface area contributed by atoms with Crippen LogP contribution in [0.3, 0.4) is 0 Å². The lowest BCUT2D eigenvalue weighted by Crippen LogP contribution is -2.38. The van der Waals surface area contributed by atoms with Crippen molar-refractivity contribution in [2.75, 3.05) is 6.61 Å². The van der Waals surface area contributed by atoms with E-state index in [1.54, 1.807) is 0 Å². The molecule has 2 nitrogen and oxygen atoms in total. The third-order valence-electron chi connectivity index (χ3n) is 5.50. The molecule has 76 valence electrons. The number of fused-ring (bicyclic) bond motifs is 2. The summed E-state index contributed by atoms with van der Waals surface area (Å²) in [6.45, 7) is 6.80. The molecule has 2 saturated carbocycles. The van der Waals surface area contributed by atoms with E-state index in [0.717, 1.165) is 19.3 Å². The maximum atomic E-state index is 10.00. The molecule has 0 radical (unpaired) electrons. The monoisotopic (exact) mass is 184 g/mol. The molecule has 2 aliphatic rings. The van der Waals surface area contributed by atoms with Crippen molar-refractivity contribution in [2.24, 2.45) is 16.2 Å². The molecule has 0 saturated heterocycles. The molecular formula is C11H20O2. The van der Waals surface area contributed by atoms with E-state index in [2.05, 4.69) is 20.8 Å². The molecule has 0 heterocycles. The third-order valence-corrected chi connectivity index (χ3v) is 5.50. The zero-order valence-electron chi connectivity index (χ0n) is 8.80. The quantitative estimate of drug-likeness (QED) is 0.649. The van der Waals surface area contributed by atoms with Crippen molar-refractivity contribution >= 4 is 0 Å². The van der Waals surface area contributed by atoms with Gasteiger partial charge in [-0.05, 0) is 30.1 Å². The van der Waals surface area contributed by atoms with Gasteiger partial charge in [-0.1, -0.05) is 20.8 Å². The van der Waals surface area contributed by atoms with Crippen molar-refractivity contribution in [3.8, 4) is 0 Å². The van der Waals surface area contributed by atoms with E-state index in [4.69, 9.17) is 0 Å². The summed E-state index contributed by atoms with van der Waals surface area (Å²) in [5, 5.41) is 19.5. The number of rotatable bonds is 1. The minimum absolute atomic E-state index is 0.0127. The normalized spacial score (nSPS) is 52.8. The second kappa shape index (κ2) is 2.29. The molecule has 2 N–H and O–H groups in total. The van der Waals surface area contributed by atoms with Gasteiger partial charge in [0.05, 0.1) is 6.10 Å². The first kappa shape index (κ1) is 9.47. The van der Waals surface area contributed by atoms with E-state index < -0.39 is 0 Å². The van der Waals surface area contributed by atoms with Crippen LogP contribution in [0.15, 0.2) is 0 Å². The van der Waals surface area contributed by atoms with Crippen LogP contribution in [0.2, 0.25) is 0 Å². The van der Waals surface area contributed by atoms with Crippen molar-refractivity contribution in [1.29, 1.82) is 0 Å². The van der Waals surface area contributed by atoms with Gasteiger partial charge in [0.2, 0.25) is 0 Å². The topological polar surface area (TPSA) is 40.5 Å². The van der Waals surface area contributed by atoms with Crippen LogP contribution in [0.25, 0.3) is 0 Å². The Hall–Kier alpha value is -0.0800. The van der Waals surface area contributed by atoms with Gasteiger partial charge in [0.25, 0.3) is 0 Å². The first-order chi connectivity index (χ1) is 5.90. The van der Waals surface area contributed by atoms with Crippen LogP contribution in [-0.2, 0) is 0 Å². The van der Waals surface area contributed by atoms with Crippen LogP contribution in [0.4, 0.5) is 0 Å². The fourth-order valence-corrected chi connectivity index (χ4v) is 3.61. The minimum Gasteiger partial charge on any atom is -0.396 e. The molecular weight excluding hydrogens is 164 g/mol. The Morgan fingerprint density at radius 2 is 1.85 bits per heavy atom. The van der Waals surface area contributed by atoms with Gasteiger partial charge in [0, 0.05) is 12.0 Å². The first-order valence-electron chi connectivity index (χ1n) is 5.19. The standard InChI is InChI=1S/C11H20O2/c1-9(2)10(3)4-5-11(9,7-12)6-8(10)13/h8,12-13H,4-7H2,1-3H3/t8-,10+,11-/m0/s1. The average molecular weight is 184 g/mol. The summed E-state index contributed by atoms with van der Waals surface area (Å²) >= 11 is 0. The summed E-state index contributed by atoms with van der Waals surface area (Å²) in [5.41, 5.74) is 0.0884. The van der Waals surface area contributed by atoms with E-state index in [1.807, 2.05) is 0 Å². The van der Waals surface area contributed by atoms with Gasteiger partial charge >= 0.3 is 0 Å². The molecule has 0 spiro atoms. The molecule has 0 aromatic carbocycles. The van der Waals surface area contributed by atoms with Crippen LogP contribution < -0.4 is 0 Å². The molecule has 2 fully saturated rings. The van der Waals surface area contributed by atoms with Crippen LogP contribution in [0.1, 0.15) is 40.0 Å². The van der Waals surface area contributed by atoms with Crippen molar-refractivity contribution in [3.63, 3.8) is 0 Å². The molecule has 0 amide bonds. The number of hydrogen-bond donors (Lipinski definition) is 2. The Labute approximate surface area is 80.0 Å². The van der Waals surface area contributed by atoms with E-state index in [1.165, 1.54) is 0 Å². The molecule has 0 aromatic rings. The summed E-state index contributed by atoms with van der Waals surface area (Å²) in [6, 6.07) is 0. The third kappa shape index (κ3) is 0.774. The fourth-order valence-electron chi connectivity index (χ4n) is 3.61. The maximum absolute atomic E-state index is 10.00. The molecule has 0 aliphatic heterocycles. The molecule has 0 unspecified atom stereocenters. The number of aliphatic hydroxyl groups is 2. The predicted octanol–water partition coefficient (Wildman–Crippen LogP) is 1.56. The van der Waals surface area contributed by atoms with E-state index in [0.29, 0.717) is 0 Å². The van der Waals surface area contributed by atoms with Gasteiger partial charge in [0.1, 0.15) is 0 Å². The molecule has 2 aliphatic carbocycles. The predicted molar refractivity (Wildman–Crippen MR) is 51.3 cm³/mol. The van der Waals surface area contributed by atoms with Crippen molar-refractivity contribution in [2.45, 2.75) is 46.1 Å². The Bertz CT molecular complexity index is 236. The Morgan fingerprint density at radius 1 is 1.23 bits per heavy atom. The fraction of sp³-hybridized carbons (Fsp3) is 1.00.